The van der Waals surface area contributed by atoms with Crippen molar-refractivity contribution in [3.63, 3.8) is 0 Å². The number of hydrogen-bond donors (Lipinski definition) is 0. The van der Waals surface area contributed by atoms with Crippen molar-refractivity contribution in [3.8, 4) is 11.1 Å². The Morgan fingerprint density at radius 2 is 1.89 bits per heavy atom. The molecule has 4 aromatic rings. The Kier molecular flexibility index (Phi) is 4.91. The third-order valence-electron chi connectivity index (χ3n) is 4.91. The van der Waals surface area contributed by atoms with Gasteiger partial charge >= 0.3 is 0 Å². The number of hydrogen-bond acceptors (Lipinski definition) is 4. The molecule has 144 valence electrons. The summed E-state index contributed by atoms with van der Waals surface area (Å²) in [6, 6.07) is 9.63. The molecule has 0 atom stereocenters. The summed E-state index contributed by atoms with van der Waals surface area (Å²) in [4.78, 5) is 19.6. The van der Waals surface area contributed by atoms with Gasteiger partial charge in [0, 0.05) is 36.1 Å². The number of rotatable bonds is 5. The minimum Gasteiger partial charge on any atom is -0.314 e. The molecule has 3 heterocycles. The van der Waals surface area contributed by atoms with E-state index in [1.165, 1.54) is 0 Å². The van der Waals surface area contributed by atoms with Gasteiger partial charge in [0.25, 0.3) is 5.56 Å². The van der Waals surface area contributed by atoms with Crippen molar-refractivity contribution in [1.29, 1.82) is 0 Å². The second kappa shape index (κ2) is 7.37. The number of halogens is 1. The number of benzene rings is 1. The van der Waals surface area contributed by atoms with Crippen LogP contribution in [0.5, 0.6) is 0 Å². The van der Waals surface area contributed by atoms with Crippen molar-refractivity contribution in [3.05, 3.63) is 63.8 Å². The molecule has 1 aromatic carbocycles. The maximum atomic E-state index is 12.9. The van der Waals surface area contributed by atoms with Gasteiger partial charge in [-0.15, -0.1) is 0 Å². The Morgan fingerprint density at radius 1 is 1.14 bits per heavy atom. The molecule has 0 bridgehead atoms. The first kappa shape index (κ1) is 18.7. The summed E-state index contributed by atoms with van der Waals surface area (Å²) in [5.41, 5.74) is 4.41. The van der Waals surface area contributed by atoms with E-state index in [4.69, 9.17) is 16.7 Å². The highest BCUT2D eigenvalue weighted by Gasteiger charge is 2.17. The van der Waals surface area contributed by atoms with Crippen LogP contribution in [0.25, 0.3) is 27.7 Å². The van der Waals surface area contributed by atoms with E-state index in [2.05, 4.69) is 16.8 Å². The van der Waals surface area contributed by atoms with E-state index in [9.17, 15) is 4.79 Å². The van der Waals surface area contributed by atoms with Crippen LogP contribution in [-0.4, -0.2) is 44.7 Å². The highest BCUT2D eigenvalue weighted by molar-refractivity contribution is 6.30. The minimum atomic E-state index is -0.0460. The van der Waals surface area contributed by atoms with Crippen LogP contribution >= 0.6 is 11.6 Å². The fourth-order valence-corrected chi connectivity index (χ4v) is 3.52. The SMILES string of the molecule is CCc1nn2c(ncc3c(=O)n(CCN(C)C)ccc32)c1-c1ccc(Cl)cc1. The smallest absolute Gasteiger partial charge is 0.261 e. The standard InChI is InChI=1S/C21H22ClN5O/c1-4-17-19(14-5-7-15(22)8-6-14)20-23-13-16-18(27(20)24-17)9-10-26(21(16)28)12-11-25(2)3/h5-10,13H,4,11-12H2,1-3H3. The summed E-state index contributed by atoms with van der Waals surface area (Å²) in [6.07, 6.45) is 4.27. The average Bonchev–Trinajstić information content (AvgIpc) is 3.07. The van der Waals surface area contributed by atoms with Crippen LogP contribution in [0.4, 0.5) is 0 Å². The monoisotopic (exact) mass is 395 g/mol. The molecule has 0 N–H and O–H groups in total. The highest BCUT2D eigenvalue weighted by Crippen LogP contribution is 2.30. The molecule has 0 aliphatic heterocycles. The van der Waals surface area contributed by atoms with Crippen LogP contribution in [0.2, 0.25) is 5.02 Å². The summed E-state index contributed by atoms with van der Waals surface area (Å²) in [6.45, 7) is 3.50. The predicted octanol–water partition coefficient (Wildman–Crippen LogP) is 3.49. The van der Waals surface area contributed by atoms with Crippen molar-refractivity contribution in [2.24, 2.45) is 0 Å². The molecule has 0 aliphatic carbocycles. The Morgan fingerprint density at radius 3 is 2.57 bits per heavy atom. The van der Waals surface area contributed by atoms with Gasteiger partial charge in [-0.3, -0.25) is 4.79 Å². The number of aryl methyl sites for hydroxylation is 1. The summed E-state index contributed by atoms with van der Waals surface area (Å²) in [5, 5.41) is 6.03. The van der Waals surface area contributed by atoms with E-state index in [0.717, 1.165) is 41.0 Å². The lowest BCUT2D eigenvalue weighted by atomic mass is 10.0. The summed E-state index contributed by atoms with van der Waals surface area (Å²) in [5.74, 6) is 0. The third-order valence-corrected chi connectivity index (χ3v) is 5.17. The highest BCUT2D eigenvalue weighted by atomic mass is 35.5. The van der Waals surface area contributed by atoms with Crippen molar-refractivity contribution < 1.29 is 0 Å². The van der Waals surface area contributed by atoms with Gasteiger partial charge in [-0.25, -0.2) is 9.50 Å². The first-order valence-corrected chi connectivity index (χ1v) is 9.68. The van der Waals surface area contributed by atoms with E-state index in [0.29, 0.717) is 17.0 Å². The van der Waals surface area contributed by atoms with Crippen LogP contribution in [0, 0.1) is 0 Å². The third kappa shape index (κ3) is 3.19. The first-order chi connectivity index (χ1) is 13.5. The maximum absolute atomic E-state index is 12.9. The number of pyridine rings is 1. The van der Waals surface area contributed by atoms with E-state index in [1.54, 1.807) is 15.3 Å². The number of aromatic nitrogens is 4. The van der Waals surface area contributed by atoms with E-state index < -0.39 is 0 Å². The van der Waals surface area contributed by atoms with Crippen LogP contribution in [0.15, 0.2) is 47.5 Å². The molecule has 0 unspecified atom stereocenters. The molecule has 4 rings (SSSR count). The summed E-state index contributed by atoms with van der Waals surface area (Å²) in [7, 11) is 3.98. The molecule has 0 aliphatic rings. The molecule has 0 amide bonds. The summed E-state index contributed by atoms with van der Waals surface area (Å²) >= 11 is 6.04. The van der Waals surface area contributed by atoms with Crippen LogP contribution in [0.3, 0.4) is 0 Å². The quantitative estimate of drug-likeness (QED) is 0.519. The molecular formula is C21H22ClN5O. The largest absolute Gasteiger partial charge is 0.314 e. The summed E-state index contributed by atoms with van der Waals surface area (Å²) < 4.78 is 3.51. The number of likely N-dealkylation sites (N-methyl/N-ethyl adjacent to an activating group) is 1. The fourth-order valence-electron chi connectivity index (χ4n) is 3.40. The van der Waals surface area contributed by atoms with Gasteiger partial charge in [-0.2, -0.15) is 5.10 Å². The molecule has 0 spiro atoms. The van der Waals surface area contributed by atoms with E-state index in [1.807, 2.05) is 50.6 Å². The lowest BCUT2D eigenvalue weighted by molar-refractivity contribution is 0.381. The van der Waals surface area contributed by atoms with Crippen molar-refractivity contribution >= 4 is 28.2 Å². The maximum Gasteiger partial charge on any atom is 0.261 e. The first-order valence-electron chi connectivity index (χ1n) is 9.30. The van der Waals surface area contributed by atoms with Gasteiger partial charge in [-0.1, -0.05) is 30.7 Å². The Bertz CT molecular complexity index is 1210. The Hall–Kier alpha value is -2.70. The van der Waals surface area contributed by atoms with Gasteiger partial charge in [0.05, 0.1) is 16.6 Å². The van der Waals surface area contributed by atoms with Gasteiger partial charge in [0.2, 0.25) is 0 Å². The second-order valence-electron chi connectivity index (χ2n) is 7.09. The molecule has 0 fully saturated rings. The molecule has 0 saturated carbocycles. The Balaban J connectivity index is 1.92. The molecule has 3 aromatic heterocycles. The number of fused-ring (bicyclic) bond motifs is 3. The molecule has 28 heavy (non-hydrogen) atoms. The molecule has 0 radical (unpaired) electrons. The van der Waals surface area contributed by atoms with Crippen LogP contribution in [0.1, 0.15) is 12.6 Å². The van der Waals surface area contributed by atoms with Gasteiger partial charge in [-0.05, 0) is 44.3 Å². The minimum absolute atomic E-state index is 0.0460. The fraction of sp³-hybridized carbons (Fsp3) is 0.286. The second-order valence-corrected chi connectivity index (χ2v) is 7.53. The average molecular weight is 396 g/mol. The van der Waals surface area contributed by atoms with Gasteiger partial charge < -0.3 is 9.47 Å². The number of nitrogens with zero attached hydrogens (tertiary/aromatic N) is 5. The van der Waals surface area contributed by atoms with Crippen molar-refractivity contribution in [2.45, 2.75) is 19.9 Å². The van der Waals surface area contributed by atoms with E-state index in [-0.39, 0.29) is 5.56 Å². The van der Waals surface area contributed by atoms with Crippen molar-refractivity contribution in [2.75, 3.05) is 20.6 Å². The molecular weight excluding hydrogens is 374 g/mol. The lowest BCUT2D eigenvalue weighted by Crippen LogP contribution is -2.26. The van der Waals surface area contributed by atoms with Crippen LogP contribution in [-0.2, 0) is 13.0 Å². The Labute approximate surface area is 168 Å². The normalized spacial score (nSPS) is 11.8. The van der Waals surface area contributed by atoms with Crippen molar-refractivity contribution in [1.82, 2.24) is 24.1 Å². The molecule has 6 nitrogen and oxygen atoms in total. The van der Waals surface area contributed by atoms with Crippen LogP contribution < -0.4 is 5.56 Å². The molecule has 0 saturated heterocycles. The predicted molar refractivity (Wildman–Crippen MR) is 113 cm³/mol. The zero-order chi connectivity index (χ0) is 19.8. The lowest BCUT2D eigenvalue weighted by Gasteiger charge is -2.12. The zero-order valence-electron chi connectivity index (χ0n) is 16.2. The van der Waals surface area contributed by atoms with Gasteiger partial charge in [0.1, 0.15) is 0 Å². The zero-order valence-corrected chi connectivity index (χ0v) is 16.9. The molecule has 7 heteroatoms. The van der Waals surface area contributed by atoms with Gasteiger partial charge in [0.15, 0.2) is 5.65 Å². The topological polar surface area (TPSA) is 55.4 Å². The van der Waals surface area contributed by atoms with E-state index >= 15 is 0 Å².